The fourth-order valence-corrected chi connectivity index (χ4v) is 6.23. The van der Waals surface area contributed by atoms with Crippen LogP contribution in [0.2, 0.25) is 0 Å². The highest BCUT2D eigenvalue weighted by atomic mass is 32.2. The zero-order valence-electron chi connectivity index (χ0n) is 18.7. The maximum atomic E-state index is 15.5. The first-order valence-corrected chi connectivity index (χ1v) is 12.1. The third-order valence-electron chi connectivity index (χ3n) is 6.30. The SMILES string of the molecule is CC(C)(C)OC(=O)NC1CCN2c3c(F)cc4c(=O)c(C(=O)O)cn(C5CC5)c4c3SC[C@H]12. The van der Waals surface area contributed by atoms with Gasteiger partial charge in [-0.15, -0.1) is 11.8 Å². The number of hydrogen-bond donors (Lipinski definition) is 2. The molecule has 5 rings (SSSR count). The van der Waals surface area contributed by atoms with E-state index in [1.165, 1.54) is 24.0 Å². The summed E-state index contributed by atoms with van der Waals surface area (Å²) in [6.07, 6.45) is 3.35. The Hall–Kier alpha value is -2.75. The van der Waals surface area contributed by atoms with Gasteiger partial charge in [0.2, 0.25) is 5.43 Å². The zero-order chi connectivity index (χ0) is 23.7. The minimum Gasteiger partial charge on any atom is -0.477 e. The molecule has 3 heterocycles. The fraction of sp³-hybridized carbons (Fsp3) is 0.522. The fourth-order valence-electron chi connectivity index (χ4n) is 4.77. The van der Waals surface area contributed by atoms with Crippen molar-refractivity contribution >= 4 is 40.4 Å². The number of carboxylic acid groups (broad SMARTS) is 1. The topological polar surface area (TPSA) is 101 Å². The molecule has 176 valence electrons. The van der Waals surface area contributed by atoms with E-state index in [0.717, 1.165) is 12.8 Å². The molecule has 2 atom stereocenters. The molecule has 1 aromatic heterocycles. The number of amides is 1. The summed E-state index contributed by atoms with van der Waals surface area (Å²) in [6, 6.07) is 0.996. The molecule has 1 saturated heterocycles. The molecule has 2 aliphatic heterocycles. The van der Waals surface area contributed by atoms with Crippen LogP contribution in [0.5, 0.6) is 0 Å². The number of aromatic nitrogens is 1. The number of alkyl carbamates (subject to hydrolysis) is 1. The van der Waals surface area contributed by atoms with Gasteiger partial charge < -0.3 is 24.6 Å². The zero-order valence-corrected chi connectivity index (χ0v) is 19.5. The number of anilines is 1. The number of thioether (sulfide) groups is 1. The number of rotatable bonds is 3. The molecular weight excluding hydrogens is 449 g/mol. The first-order valence-electron chi connectivity index (χ1n) is 11.1. The molecule has 3 aliphatic rings. The van der Waals surface area contributed by atoms with Crippen LogP contribution in [0.25, 0.3) is 10.9 Å². The van der Waals surface area contributed by atoms with Gasteiger partial charge >= 0.3 is 12.1 Å². The van der Waals surface area contributed by atoms with E-state index in [2.05, 4.69) is 5.32 Å². The van der Waals surface area contributed by atoms with Crippen LogP contribution < -0.4 is 15.6 Å². The molecule has 33 heavy (non-hydrogen) atoms. The summed E-state index contributed by atoms with van der Waals surface area (Å²) in [7, 11) is 0. The monoisotopic (exact) mass is 475 g/mol. The van der Waals surface area contributed by atoms with E-state index in [1.807, 2.05) is 9.47 Å². The van der Waals surface area contributed by atoms with Gasteiger partial charge in [0.25, 0.3) is 0 Å². The first kappa shape index (κ1) is 22.1. The number of nitrogens with zero attached hydrogens (tertiary/aromatic N) is 2. The van der Waals surface area contributed by atoms with Crippen LogP contribution >= 0.6 is 11.8 Å². The van der Waals surface area contributed by atoms with Gasteiger partial charge in [-0.3, -0.25) is 4.79 Å². The molecule has 0 bridgehead atoms. The Balaban J connectivity index is 1.56. The smallest absolute Gasteiger partial charge is 0.407 e. The van der Waals surface area contributed by atoms with Gasteiger partial charge in [-0.1, -0.05) is 0 Å². The van der Waals surface area contributed by atoms with Gasteiger partial charge in [0.1, 0.15) is 17.0 Å². The normalized spacial score (nSPS) is 22.1. The molecule has 1 saturated carbocycles. The molecule has 0 radical (unpaired) electrons. The van der Waals surface area contributed by atoms with Crippen molar-refractivity contribution in [1.82, 2.24) is 9.88 Å². The van der Waals surface area contributed by atoms with Crippen molar-refractivity contribution in [3.8, 4) is 0 Å². The number of halogens is 1. The Morgan fingerprint density at radius 3 is 2.64 bits per heavy atom. The van der Waals surface area contributed by atoms with Crippen molar-refractivity contribution in [3.63, 3.8) is 0 Å². The molecule has 10 heteroatoms. The quantitative estimate of drug-likeness (QED) is 0.697. The molecule has 2 N–H and O–H groups in total. The van der Waals surface area contributed by atoms with E-state index in [-0.39, 0.29) is 29.1 Å². The number of ether oxygens (including phenoxy) is 1. The highest BCUT2D eigenvalue weighted by Crippen LogP contribution is 2.48. The highest BCUT2D eigenvalue weighted by Gasteiger charge is 2.42. The molecule has 1 amide bonds. The number of carbonyl (C=O) groups excluding carboxylic acids is 1. The Morgan fingerprint density at radius 1 is 1.27 bits per heavy atom. The second kappa shape index (κ2) is 7.65. The lowest BCUT2D eigenvalue weighted by Crippen LogP contribution is -2.49. The van der Waals surface area contributed by atoms with Gasteiger partial charge in [0.05, 0.1) is 33.6 Å². The maximum absolute atomic E-state index is 15.5. The maximum Gasteiger partial charge on any atom is 0.407 e. The van der Waals surface area contributed by atoms with Crippen molar-refractivity contribution in [2.45, 2.75) is 68.7 Å². The van der Waals surface area contributed by atoms with Gasteiger partial charge in [-0.25, -0.2) is 14.0 Å². The summed E-state index contributed by atoms with van der Waals surface area (Å²) < 4.78 is 22.7. The molecule has 8 nitrogen and oxygen atoms in total. The van der Waals surface area contributed by atoms with E-state index < -0.39 is 28.9 Å². The van der Waals surface area contributed by atoms with E-state index in [9.17, 15) is 19.5 Å². The molecular formula is C23H26FN3O5S. The van der Waals surface area contributed by atoms with Crippen LogP contribution in [0.15, 0.2) is 22.0 Å². The van der Waals surface area contributed by atoms with Crippen LogP contribution in [0.3, 0.4) is 0 Å². The Bertz CT molecular complexity index is 1230. The minimum absolute atomic E-state index is 0.103. The Morgan fingerprint density at radius 2 is 2.00 bits per heavy atom. The summed E-state index contributed by atoms with van der Waals surface area (Å²) in [4.78, 5) is 39.4. The van der Waals surface area contributed by atoms with Crippen LogP contribution in [0, 0.1) is 5.82 Å². The first-order chi connectivity index (χ1) is 15.5. The highest BCUT2D eigenvalue weighted by molar-refractivity contribution is 7.99. The van der Waals surface area contributed by atoms with Crippen molar-refractivity contribution in [1.29, 1.82) is 0 Å². The number of benzene rings is 1. The predicted molar refractivity (Wildman–Crippen MR) is 123 cm³/mol. The number of nitrogens with one attached hydrogen (secondary N) is 1. The largest absolute Gasteiger partial charge is 0.477 e. The Kier molecular flexibility index (Phi) is 5.11. The number of pyridine rings is 1. The molecule has 0 spiro atoms. The lowest BCUT2D eigenvalue weighted by Gasteiger charge is -2.36. The van der Waals surface area contributed by atoms with Crippen LogP contribution in [0.1, 0.15) is 56.4 Å². The van der Waals surface area contributed by atoms with Crippen molar-refractivity contribution < 1.29 is 23.8 Å². The van der Waals surface area contributed by atoms with E-state index in [4.69, 9.17) is 4.74 Å². The molecule has 2 aromatic rings. The second-order valence-corrected chi connectivity index (χ2v) is 10.9. The van der Waals surface area contributed by atoms with E-state index in [1.54, 1.807) is 20.8 Å². The summed E-state index contributed by atoms with van der Waals surface area (Å²) in [6.45, 7) is 5.96. The lowest BCUT2D eigenvalue weighted by atomic mass is 10.1. The summed E-state index contributed by atoms with van der Waals surface area (Å²) in [5, 5.41) is 12.5. The van der Waals surface area contributed by atoms with Crippen LogP contribution in [0.4, 0.5) is 14.9 Å². The predicted octanol–water partition coefficient (Wildman–Crippen LogP) is 3.75. The average molecular weight is 476 g/mol. The van der Waals surface area contributed by atoms with E-state index >= 15 is 4.39 Å². The second-order valence-electron chi connectivity index (χ2n) is 9.86. The molecule has 1 aromatic carbocycles. The summed E-state index contributed by atoms with van der Waals surface area (Å²) >= 11 is 1.45. The number of carbonyl (C=O) groups is 2. The number of aromatic carboxylic acids is 1. The molecule has 1 unspecified atom stereocenters. The van der Waals surface area contributed by atoms with E-state index in [0.29, 0.717) is 34.8 Å². The van der Waals surface area contributed by atoms with Gasteiger partial charge in [0.15, 0.2) is 0 Å². The van der Waals surface area contributed by atoms with Crippen molar-refractivity contribution in [3.05, 3.63) is 33.9 Å². The number of hydrogen-bond acceptors (Lipinski definition) is 6. The minimum atomic E-state index is -1.31. The van der Waals surface area contributed by atoms with Gasteiger partial charge in [-0.05, 0) is 46.1 Å². The number of carboxylic acids is 1. The third kappa shape index (κ3) is 3.84. The number of fused-ring (bicyclic) bond motifs is 5. The van der Waals surface area contributed by atoms with Crippen molar-refractivity contribution in [2.75, 3.05) is 17.2 Å². The van der Waals surface area contributed by atoms with Gasteiger partial charge in [0, 0.05) is 24.5 Å². The summed E-state index contributed by atoms with van der Waals surface area (Å²) in [5.41, 5.74) is -0.576. The third-order valence-corrected chi connectivity index (χ3v) is 7.49. The lowest BCUT2D eigenvalue weighted by molar-refractivity contribution is 0.0502. The van der Waals surface area contributed by atoms with Crippen LogP contribution in [-0.2, 0) is 4.74 Å². The van der Waals surface area contributed by atoms with Crippen molar-refractivity contribution in [2.24, 2.45) is 0 Å². The summed E-state index contributed by atoms with van der Waals surface area (Å²) in [5.74, 6) is -1.25. The average Bonchev–Trinajstić information content (AvgIpc) is 3.48. The standard InChI is InChI=1S/C23H26FN3O5S/c1-23(2,3)32-22(31)25-15-6-7-26-16(15)10-33-20-17-12(8-14(24)18(20)26)19(28)13(21(29)30)9-27(17)11-4-5-11/h8-9,11,15-16H,4-7,10H2,1-3H3,(H,25,31)(H,29,30)/t15?,16-/m1/s1. The van der Waals surface area contributed by atoms with Gasteiger partial charge in [-0.2, -0.15) is 0 Å². The van der Waals surface area contributed by atoms with Crippen LogP contribution in [-0.4, -0.2) is 51.7 Å². The Labute approximate surface area is 194 Å². The molecule has 1 aliphatic carbocycles. The molecule has 2 fully saturated rings.